The first-order valence-electron chi connectivity index (χ1n) is 13.0. The molecule has 0 aliphatic heterocycles. The molecule has 0 saturated heterocycles. The standard InChI is InChI=1S/C34H24F2N2O3/c35-27-13-11-22(12-14-27)26-18-29-16-15-28(17-25-10-9-23-3-1-2-4-30(23)32(25)36)38(29)31(19-26)33(39)37-20-21-5-7-24(8-6-21)34(40)41/h1-16,18-19H,17,20H2,(H,37,39)(H,40,41). The van der Waals surface area contributed by atoms with Gasteiger partial charge in [-0.2, -0.15) is 0 Å². The van der Waals surface area contributed by atoms with E-state index in [1.807, 2.05) is 40.8 Å². The Morgan fingerprint density at radius 2 is 1.54 bits per heavy atom. The third-order valence-electron chi connectivity index (χ3n) is 7.21. The predicted octanol–water partition coefficient (Wildman–Crippen LogP) is 7.26. The van der Waals surface area contributed by atoms with E-state index in [0.29, 0.717) is 16.6 Å². The maximum Gasteiger partial charge on any atom is 0.335 e. The van der Waals surface area contributed by atoms with Crippen molar-refractivity contribution in [2.24, 2.45) is 0 Å². The Hall–Kier alpha value is -5.30. The molecule has 2 heterocycles. The van der Waals surface area contributed by atoms with E-state index in [1.54, 1.807) is 48.5 Å². The summed E-state index contributed by atoms with van der Waals surface area (Å²) in [5, 5.41) is 13.4. The maximum atomic E-state index is 15.5. The van der Waals surface area contributed by atoms with Crippen LogP contribution in [0.3, 0.4) is 0 Å². The molecule has 41 heavy (non-hydrogen) atoms. The predicted molar refractivity (Wildman–Crippen MR) is 154 cm³/mol. The summed E-state index contributed by atoms with van der Waals surface area (Å²) in [6.45, 7) is 0.177. The highest BCUT2D eigenvalue weighted by atomic mass is 19.1. The minimum absolute atomic E-state index is 0.159. The molecule has 0 saturated carbocycles. The lowest BCUT2D eigenvalue weighted by atomic mass is 10.0. The van der Waals surface area contributed by atoms with Crippen molar-refractivity contribution in [2.75, 3.05) is 0 Å². The Morgan fingerprint density at radius 3 is 2.29 bits per heavy atom. The summed E-state index contributed by atoms with van der Waals surface area (Å²) in [6.07, 6.45) is 0.262. The highest BCUT2D eigenvalue weighted by Gasteiger charge is 2.18. The van der Waals surface area contributed by atoms with Crippen molar-refractivity contribution < 1.29 is 23.5 Å². The van der Waals surface area contributed by atoms with Crippen LogP contribution in [0.2, 0.25) is 0 Å². The van der Waals surface area contributed by atoms with Gasteiger partial charge in [0.25, 0.3) is 5.91 Å². The Morgan fingerprint density at radius 1 is 0.780 bits per heavy atom. The molecule has 7 heteroatoms. The van der Waals surface area contributed by atoms with Crippen molar-refractivity contribution in [3.8, 4) is 11.1 Å². The number of fused-ring (bicyclic) bond motifs is 2. The smallest absolute Gasteiger partial charge is 0.335 e. The third-order valence-corrected chi connectivity index (χ3v) is 7.21. The molecule has 4 aromatic carbocycles. The SMILES string of the molecule is O=C(O)c1ccc(CNC(=O)c2cc(-c3ccc(F)cc3)cc3ccc(Cc4ccc5ccccc5c4F)n23)cc1. The van der Waals surface area contributed by atoms with Gasteiger partial charge >= 0.3 is 5.97 Å². The van der Waals surface area contributed by atoms with Crippen LogP contribution in [0.1, 0.15) is 37.7 Å². The van der Waals surface area contributed by atoms with Gasteiger partial charge in [0, 0.05) is 29.6 Å². The fourth-order valence-corrected chi connectivity index (χ4v) is 5.08. The molecule has 1 amide bonds. The maximum absolute atomic E-state index is 15.5. The van der Waals surface area contributed by atoms with E-state index in [-0.39, 0.29) is 36.1 Å². The van der Waals surface area contributed by atoms with Gasteiger partial charge in [0.05, 0.1) is 5.56 Å². The lowest BCUT2D eigenvalue weighted by molar-refractivity contribution is 0.0696. The minimum atomic E-state index is -1.02. The van der Waals surface area contributed by atoms with Gasteiger partial charge in [-0.1, -0.05) is 60.7 Å². The largest absolute Gasteiger partial charge is 0.478 e. The number of carboxylic acids is 1. The Balaban J connectivity index is 1.39. The zero-order valence-corrected chi connectivity index (χ0v) is 21.8. The van der Waals surface area contributed by atoms with Crippen LogP contribution in [0.4, 0.5) is 8.78 Å². The highest BCUT2D eigenvalue weighted by molar-refractivity contribution is 5.95. The van der Waals surface area contributed by atoms with E-state index in [4.69, 9.17) is 5.11 Å². The lowest BCUT2D eigenvalue weighted by Gasteiger charge is -2.14. The number of carboxylic acid groups (broad SMARTS) is 1. The summed E-state index contributed by atoms with van der Waals surface area (Å²) in [5.41, 5.74) is 4.69. The van der Waals surface area contributed by atoms with Crippen molar-refractivity contribution in [1.82, 2.24) is 9.72 Å². The second-order valence-corrected chi connectivity index (χ2v) is 9.84. The molecular formula is C34H24F2N2O3. The number of amides is 1. The lowest BCUT2D eigenvalue weighted by Crippen LogP contribution is -2.25. The first-order valence-corrected chi connectivity index (χ1v) is 13.0. The second kappa shape index (κ2) is 10.7. The Kier molecular flexibility index (Phi) is 6.77. The fourth-order valence-electron chi connectivity index (χ4n) is 5.08. The van der Waals surface area contributed by atoms with Crippen molar-refractivity contribution in [3.05, 3.63) is 149 Å². The van der Waals surface area contributed by atoms with E-state index in [0.717, 1.165) is 33.3 Å². The van der Waals surface area contributed by atoms with E-state index < -0.39 is 5.97 Å². The number of hydrogen-bond donors (Lipinski definition) is 2. The number of benzene rings is 4. The molecule has 0 atom stereocenters. The molecule has 6 aromatic rings. The molecule has 0 aliphatic rings. The summed E-state index contributed by atoms with van der Waals surface area (Å²) in [7, 11) is 0. The topological polar surface area (TPSA) is 70.8 Å². The van der Waals surface area contributed by atoms with E-state index in [2.05, 4.69) is 5.32 Å². The zero-order chi connectivity index (χ0) is 28.5. The van der Waals surface area contributed by atoms with Gasteiger partial charge in [0.2, 0.25) is 0 Å². The van der Waals surface area contributed by atoms with Crippen LogP contribution in [-0.2, 0) is 13.0 Å². The molecule has 2 N–H and O–H groups in total. The number of nitrogens with one attached hydrogen (secondary N) is 1. The van der Waals surface area contributed by atoms with Crippen molar-refractivity contribution >= 4 is 28.2 Å². The van der Waals surface area contributed by atoms with E-state index >= 15 is 4.39 Å². The summed E-state index contributed by atoms with van der Waals surface area (Å²) >= 11 is 0. The number of pyridine rings is 1. The molecular weight excluding hydrogens is 522 g/mol. The van der Waals surface area contributed by atoms with Gasteiger partial charge in [0.1, 0.15) is 17.3 Å². The second-order valence-electron chi connectivity index (χ2n) is 9.84. The van der Waals surface area contributed by atoms with Crippen LogP contribution in [0.25, 0.3) is 27.4 Å². The molecule has 0 spiro atoms. The number of halogens is 2. The molecule has 5 nitrogen and oxygen atoms in total. The van der Waals surface area contributed by atoms with Crippen LogP contribution >= 0.6 is 0 Å². The summed E-state index contributed by atoms with van der Waals surface area (Å²) in [6, 6.07) is 30.7. The van der Waals surface area contributed by atoms with Crippen LogP contribution in [0.5, 0.6) is 0 Å². The summed E-state index contributed by atoms with van der Waals surface area (Å²) in [5.74, 6) is -2.04. The van der Waals surface area contributed by atoms with E-state index in [1.165, 1.54) is 24.3 Å². The molecule has 0 bridgehead atoms. The van der Waals surface area contributed by atoms with Crippen LogP contribution < -0.4 is 5.32 Å². The number of carbonyl (C=O) groups is 2. The molecule has 0 radical (unpaired) electrons. The van der Waals surface area contributed by atoms with Gasteiger partial charge in [-0.15, -0.1) is 0 Å². The third kappa shape index (κ3) is 5.17. The minimum Gasteiger partial charge on any atom is -0.478 e. The average molecular weight is 547 g/mol. The number of nitrogens with zero attached hydrogens (tertiary/aromatic N) is 1. The van der Waals surface area contributed by atoms with Gasteiger partial charge in [0.15, 0.2) is 0 Å². The number of hydrogen-bond acceptors (Lipinski definition) is 2. The van der Waals surface area contributed by atoms with Crippen molar-refractivity contribution in [1.29, 1.82) is 0 Å². The summed E-state index contributed by atoms with van der Waals surface area (Å²) < 4.78 is 30.9. The van der Waals surface area contributed by atoms with Crippen LogP contribution in [0.15, 0.2) is 109 Å². The van der Waals surface area contributed by atoms with Crippen molar-refractivity contribution in [3.63, 3.8) is 0 Å². The molecule has 2 aromatic heterocycles. The first-order chi connectivity index (χ1) is 19.9. The Labute approximate surface area is 234 Å². The summed E-state index contributed by atoms with van der Waals surface area (Å²) in [4.78, 5) is 24.8. The van der Waals surface area contributed by atoms with Crippen molar-refractivity contribution in [2.45, 2.75) is 13.0 Å². The number of aromatic nitrogens is 1. The van der Waals surface area contributed by atoms with Crippen LogP contribution in [-0.4, -0.2) is 21.4 Å². The first kappa shape index (κ1) is 26.0. The molecule has 0 aliphatic carbocycles. The normalized spacial score (nSPS) is 11.2. The number of carbonyl (C=O) groups excluding carboxylic acids is 1. The molecule has 0 unspecified atom stereocenters. The average Bonchev–Trinajstić information content (AvgIpc) is 3.40. The van der Waals surface area contributed by atoms with Gasteiger partial charge < -0.3 is 14.8 Å². The van der Waals surface area contributed by atoms with Gasteiger partial charge in [-0.25, -0.2) is 13.6 Å². The van der Waals surface area contributed by atoms with Gasteiger partial charge in [-0.05, 0) is 76.2 Å². The van der Waals surface area contributed by atoms with E-state index in [9.17, 15) is 14.0 Å². The zero-order valence-electron chi connectivity index (χ0n) is 21.8. The number of aromatic carboxylic acids is 1. The van der Waals surface area contributed by atoms with Gasteiger partial charge in [-0.3, -0.25) is 4.79 Å². The quantitative estimate of drug-likeness (QED) is 0.221. The monoisotopic (exact) mass is 546 g/mol. The highest BCUT2D eigenvalue weighted by Crippen LogP contribution is 2.28. The van der Waals surface area contributed by atoms with Crippen LogP contribution in [0, 0.1) is 11.6 Å². The fraction of sp³-hybridized carbons (Fsp3) is 0.0588. The molecule has 0 fully saturated rings. The molecule has 6 rings (SSSR count). The Bertz CT molecular complexity index is 1930. The molecule has 202 valence electrons. The number of rotatable bonds is 7.